The average molecular weight is 436 g/mol. The van der Waals surface area contributed by atoms with Gasteiger partial charge in [0.15, 0.2) is 5.78 Å². The zero-order chi connectivity index (χ0) is 21.7. The molecule has 31 heavy (non-hydrogen) atoms. The maximum Gasteiger partial charge on any atom is 0.240 e. The highest BCUT2D eigenvalue weighted by Gasteiger charge is 2.64. The average Bonchev–Trinajstić information content (AvgIpc) is 3.27. The Hall–Kier alpha value is -3.45. The van der Waals surface area contributed by atoms with Crippen LogP contribution in [0.3, 0.4) is 0 Å². The van der Waals surface area contributed by atoms with E-state index in [4.69, 9.17) is 16.3 Å². The molecule has 3 aliphatic rings. The van der Waals surface area contributed by atoms with Crippen LogP contribution in [0.1, 0.15) is 10.4 Å². The van der Waals surface area contributed by atoms with Gasteiger partial charge in [0.1, 0.15) is 11.8 Å². The minimum atomic E-state index is -0.877. The number of carbonyl (C=O) groups is 3. The molecule has 4 atom stereocenters. The van der Waals surface area contributed by atoms with Crippen molar-refractivity contribution in [1.29, 1.82) is 0 Å². The van der Waals surface area contributed by atoms with Gasteiger partial charge in [-0.15, -0.1) is 0 Å². The molecule has 156 valence electrons. The molecule has 2 amide bonds. The van der Waals surface area contributed by atoms with E-state index >= 15 is 0 Å². The number of hydrogen-bond acceptors (Lipinski definition) is 6. The summed E-state index contributed by atoms with van der Waals surface area (Å²) >= 11 is 5.96. The van der Waals surface area contributed by atoms with E-state index in [1.165, 1.54) is 4.90 Å². The van der Waals surface area contributed by atoms with Crippen molar-refractivity contribution in [2.75, 3.05) is 12.0 Å². The van der Waals surface area contributed by atoms with Gasteiger partial charge in [0.25, 0.3) is 0 Å². The highest BCUT2D eigenvalue weighted by atomic mass is 35.5. The zero-order valence-corrected chi connectivity index (χ0v) is 17.3. The van der Waals surface area contributed by atoms with Gasteiger partial charge in [-0.3, -0.25) is 19.4 Å². The van der Waals surface area contributed by atoms with Crippen LogP contribution in [0.2, 0.25) is 5.02 Å². The SMILES string of the molecule is COc1ccc(C(=O)[C@H]2[C@@H]3C(=O)N(c4ccc(Cl)cc4)C(=O)[C@@H]3[C@H]3C=CC=NN32)cc1. The number of anilines is 1. The number of ketones is 1. The molecule has 0 N–H and O–H groups in total. The molecule has 3 aliphatic heterocycles. The molecule has 0 aliphatic carbocycles. The van der Waals surface area contributed by atoms with Crippen molar-refractivity contribution in [1.82, 2.24) is 5.01 Å². The van der Waals surface area contributed by atoms with Crippen molar-refractivity contribution in [3.63, 3.8) is 0 Å². The number of carbonyl (C=O) groups excluding carboxylic acids is 3. The summed E-state index contributed by atoms with van der Waals surface area (Å²) in [5.41, 5.74) is 0.874. The molecule has 2 aromatic carbocycles. The van der Waals surface area contributed by atoms with Crippen LogP contribution < -0.4 is 9.64 Å². The molecule has 0 bridgehead atoms. The van der Waals surface area contributed by atoms with E-state index in [1.54, 1.807) is 72.9 Å². The summed E-state index contributed by atoms with van der Waals surface area (Å²) in [5.74, 6) is -1.89. The molecule has 0 radical (unpaired) electrons. The molecule has 0 saturated carbocycles. The van der Waals surface area contributed by atoms with Gasteiger partial charge in [-0.05, 0) is 54.6 Å². The molecule has 5 rings (SSSR count). The topological polar surface area (TPSA) is 79.3 Å². The Morgan fingerprint density at radius 3 is 2.35 bits per heavy atom. The molecular formula is C23H18ClN3O4. The van der Waals surface area contributed by atoms with Gasteiger partial charge in [0.05, 0.1) is 30.7 Å². The number of allylic oxidation sites excluding steroid dienone is 1. The summed E-state index contributed by atoms with van der Waals surface area (Å²) in [5, 5.41) is 6.45. The van der Waals surface area contributed by atoms with Gasteiger partial charge < -0.3 is 4.74 Å². The molecular weight excluding hydrogens is 418 g/mol. The molecule has 2 fully saturated rings. The molecule has 0 spiro atoms. The van der Waals surface area contributed by atoms with E-state index in [9.17, 15) is 14.4 Å². The number of methoxy groups -OCH3 is 1. The van der Waals surface area contributed by atoms with E-state index in [2.05, 4.69) is 5.10 Å². The van der Waals surface area contributed by atoms with E-state index < -0.39 is 29.8 Å². The number of hydrogen-bond donors (Lipinski definition) is 0. The van der Waals surface area contributed by atoms with Crippen molar-refractivity contribution >= 4 is 41.1 Å². The largest absolute Gasteiger partial charge is 0.497 e. The molecule has 2 aromatic rings. The summed E-state index contributed by atoms with van der Waals surface area (Å²) in [7, 11) is 1.55. The van der Waals surface area contributed by atoms with Crippen molar-refractivity contribution in [2.45, 2.75) is 12.1 Å². The van der Waals surface area contributed by atoms with Gasteiger partial charge in [-0.1, -0.05) is 17.7 Å². The van der Waals surface area contributed by atoms with E-state index in [0.29, 0.717) is 22.0 Å². The van der Waals surface area contributed by atoms with Gasteiger partial charge in [0, 0.05) is 16.8 Å². The Kier molecular flexibility index (Phi) is 4.63. The standard InChI is InChI=1S/C23H18ClN3O4/c1-31-16-10-4-13(5-11-16)21(28)20-19-18(17-3-2-12-25-27(17)20)22(29)26(23(19)30)15-8-6-14(24)7-9-15/h2-12,17-20H,1H3/t17-,18-,19-,20-/m1/s1. The first-order valence-corrected chi connectivity index (χ1v) is 10.2. The first-order valence-electron chi connectivity index (χ1n) is 9.82. The first kappa shape index (κ1) is 19.5. The summed E-state index contributed by atoms with van der Waals surface area (Å²) in [6.07, 6.45) is 5.13. The number of ether oxygens (including phenoxy) is 1. The third-order valence-electron chi connectivity index (χ3n) is 6.02. The predicted octanol–water partition coefficient (Wildman–Crippen LogP) is 2.95. The van der Waals surface area contributed by atoms with Crippen LogP contribution in [0.4, 0.5) is 5.69 Å². The van der Waals surface area contributed by atoms with Gasteiger partial charge in [-0.25, -0.2) is 4.90 Å². The second kappa shape index (κ2) is 7.35. The maximum atomic E-state index is 13.5. The number of hydrazone groups is 1. The Morgan fingerprint density at radius 2 is 1.68 bits per heavy atom. The Labute approximate surface area is 183 Å². The fourth-order valence-corrected chi connectivity index (χ4v) is 4.73. The third kappa shape index (κ3) is 2.96. The van der Waals surface area contributed by atoms with Crippen LogP contribution in [-0.4, -0.2) is 48.0 Å². The second-order valence-electron chi connectivity index (χ2n) is 7.60. The number of Topliss-reactive ketones (excluding diaryl/α,β-unsaturated/α-hetero) is 1. The molecule has 7 nitrogen and oxygen atoms in total. The molecule has 0 aromatic heterocycles. The summed E-state index contributed by atoms with van der Waals surface area (Å²) in [4.78, 5) is 41.5. The quantitative estimate of drug-likeness (QED) is 0.545. The lowest BCUT2D eigenvalue weighted by molar-refractivity contribution is -0.123. The number of benzene rings is 2. The van der Waals surface area contributed by atoms with Crippen LogP contribution in [-0.2, 0) is 9.59 Å². The first-order chi connectivity index (χ1) is 15.0. The normalized spacial score (nSPS) is 26.3. The monoisotopic (exact) mass is 435 g/mol. The molecule has 3 heterocycles. The lowest BCUT2D eigenvalue weighted by atomic mass is 9.86. The van der Waals surface area contributed by atoms with Crippen molar-refractivity contribution in [3.8, 4) is 5.75 Å². The second-order valence-corrected chi connectivity index (χ2v) is 8.03. The summed E-state index contributed by atoms with van der Waals surface area (Å²) < 4.78 is 5.16. The van der Waals surface area contributed by atoms with Gasteiger partial charge >= 0.3 is 0 Å². The number of imide groups is 1. The fraction of sp³-hybridized carbons (Fsp3) is 0.217. The van der Waals surface area contributed by atoms with Crippen LogP contribution in [0, 0.1) is 11.8 Å². The number of fused-ring (bicyclic) bond motifs is 3. The minimum absolute atomic E-state index is 0.258. The lowest BCUT2D eigenvalue weighted by Gasteiger charge is -2.30. The van der Waals surface area contributed by atoms with E-state index in [0.717, 1.165) is 0 Å². The van der Waals surface area contributed by atoms with Gasteiger partial charge in [0.2, 0.25) is 11.8 Å². The van der Waals surface area contributed by atoms with Crippen molar-refractivity contribution in [3.05, 3.63) is 71.3 Å². The highest BCUT2D eigenvalue weighted by molar-refractivity contribution is 6.31. The predicted molar refractivity (Wildman–Crippen MR) is 115 cm³/mol. The smallest absolute Gasteiger partial charge is 0.240 e. The highest BCUT2D eigenvalue weighted by Crippen LogP contribution is 2.46. The number of halogens is 1. The molecule has 0 unspecified atom stereocenters. The van der Waals surface area contributed by atoms with Crippen LogP contribution in [0.25, 0.3) is 0 Å². The number of rotatable bonds is 4. The zero-order valence-electron chi connectivity index (χ0n) is 16.5. The molecule has 2 saturated heterocycles. The minimum Gasteiger partial charge on any atom is -0.497 e. The van der Waals surface area contributed by atoms with Gasteiger partial charge in [-0.2, -0.15) is 5.10 Å². The third-order valence-corrected chi connectivity index (χ3v) is 6.27. The number of amides is 2. The van der Waals surface area contributed by atoms with Crippen LogP contribution in [0.5, 0.6) is 5.75 Å². The Bertz CT molecular complexity index is 1130. The van der Waals surface area contributed by atoms with Crippen LogP contribution >= 0.6 is 11.6 Å². The maximum absolute atomic E-state index is 13.5. The Morgan fingerprint density at radius 1 is 1.00 bits per heavy atom. The fourth-order valence-electron chi connectivity index (χ4n) is 4.61. The van der Waals surface area contributed by atoms with E-state index in [1.807, 2.05) is 6.08 Å². The lowest BCUT2D eigenvalue weighted by Crippen LogP contribution is -2.46. The number of nitrogens with zero attached hydrogens (tertiary/aromatic N) is 3. The van der Waals surface area contributed by atoms with Crippen LogP contribution in [0.15, 0.2) is 65.8 Å². The molecule has 8 heteroatoms. The summed E-state index contributed by atoms with van der Waals surface area (Å²) in [6.45, 7) is 0. The van der Waals surface area contributed by atoms with Crippen molar-refractivity contribution < 1.29 is 19.1 Å². The van der Waals surface area contributed by atoms with Crippen molar-refractivity contribution in [2.24, 2.45) is 16.9 Å². The Balaban J connectivity index is 1.55. The summed E-state index contributed by atoms with van der Waals surface area (Å²) in [6, 6.07) is 11.9. The van der Waals surface area contributed by atoms with E-state index in [-0.39, 0.29) is 11.7 Å².